The Labute approximate surface area is 117 Å². The first-order valence-corrected chi connectivity index (χ1v) is 7.24. The summed E-state index contributed by atoms with van der Waals surface area (Å²) in [5.41, 5.74) is 0.830. The SMILES string of the molecule is O=C(Nc1ccc2c(c1)OCCO2)NC12CCCC1C2. The van der Waals surface area contributed by atoms with Crippen LogP contribution in [-0.2, 0) is 0 Å². The van der Waals surface area contributed by atoms with Crippen molar-refractivity contribution in [3.8, 4) is 11.5 Å². The van der Waals surface area contributed by atoms with Crippen molar-refractivity contribution in [1.82, 2.24) is 5.32 Å². The number of fused-ring (bicyclic) bond motifs is 2. The predicted molar refractivity (Wildman–Crippen MR) is 74.3 cm³/mol. The van der Waals surface area contributed by atoms with Gasteiger partial charge in [0.1, 0.15) is 13.2 Å². The van der Waals surface area contributed by atoms with Crippen LogP contribution in [0.1, 0.15) is 25.7 Å². The minimum absolute atomic E-state index is 0.0951. The van der Waals surface area contributed by atoms with Gasteiger partial charge in [-0.15, -0.1) is 0 Å². The number of hydrogen-bond donors (Lipinski definition) is 2. The lowest BCUT2D eigenvalue weighted by molar-refractivity contribution is 0.171. The molecule has 3 aliphatic rings. The molecule has 1 aliphatic heterocycles. The molecule has 1 aromatic rings. The average Bonchev–Trinajstić information content (AvgIpc) is 2.98. The molecule has 2 aliphatic carbocycles. The molecule has 106 valence electrons. The number of amides is 2. The van der Waals surface area contributed by atoms with Crippen LogP contribution < -0.4 is 20.1 Å². The van der Waals surface area contributed by atoms with Crippen molar-refractivity contribution in [2.75, 3.05) is 18.5 Å². The molecule has 2 unspecified atom stereocenters. The maximum atomic E-state index is 12.1. The topological polar surface area (TPSA) is 59.6 Å². The number of nitrogens with one attached hydrogen (secondary N) is 2. The third-order valence-corrected chi connectivity index (χ3v) is 4.57. The number of carbonyl (C=O) groups is 1. The van der Waals surface area contributed by atoms with E-state index in [2.05, 4.69) is 10.6 Å². The van der Waals surface area contributed by atoms with Gasteiger partial charge in [0, 0.05) is 17.3 Å². The van der Waals surface area contributed by atoms with Gasteiger partial charge in [-0.3, -0.25) is 0 Å². The molecule has 0 bridgehead atoms. The van der Waals surface area contributed by atoms with Gasteiger partial charge < -0.3 is 20.1 Å². The lowest BCUT2D eigenvalue weighted by Crippen LogP contribution is -2.39. The van der Waals surface area contributed by atoms with E-state index in [1.807, 2.05) is 18.2 Å². The van der Waals surface area contributed by atoms with Crippen molar-refractivity contribution in [3.05, 3.63) is 18.2 Å². The minimum atomic E-state index is -0.119. The van der Waals surface area contributed by atoms with Crippen molar-refractivity contribution in [2.45, 2.75) is 31.2 Å². The second-order valence-corrected chi connectivity index (χ2v) is 5.89. The van der Waals surface area contributed by atoms with Gasteiger partial charge in [0.05, 0.1) is 0 Å². The summed E-state index contributed by atoms with van der Waals surface area (Å²) in [5, 5.41) is 6.02. The Bertz CT molecular complexity index is 560. The molecule has 5 heteroatoms. The zero-order chi connectivity index (χ0) is 13.6. The van der Waals surface area contributed by atoms with Crippen LogP contribution in [0.3, 0.4) is 0 Å². The molecule has 5 nitrogen and oxygen atoms in total. The van der Waals surface area contributed by atoms with Gasteiger partial charge >= 0.3 is 6.03 Å². The highest BCUT2D eigenvalue weighted by atomic mass is 16.6. The molecule has 0 aromatic heterocycles. The monoisotopic (exact) mass is 274 g/mol. The van der Waals surface area contributed by atoms with Crippen LogP contribution in [0, 0.1) is 5.92 Å². The molecule has 0 radical (unpaired) electrons. The minimum Gasteiger partial charge on any atom is -0.486 e. The second-order valence-electron chi connectivity index (χ2n) is 5.89. The molecule has 4 rings (SSSR count). The first-order valence-electron chi connectivity index (χ1n) is 7.24. The Morgan fingerprint density at radius 1 is 1.25 bits per heavy atom. The van der Waals surface area contributed by atoms with Crippen LogP contribution in [0.4, 0.5) is 10.5 Å². The molecule has 2 atom stereocenters. The van der Waals surface area contributed by atoms with Crippen LogP contribution in [0.2, 0.25) is 0 Å². The van der Waals surface area contributed by atoms with Gasteiger partial charge in [-0.2, -0.15) is 0 Å². The fraction of sp³-hybridized carbons (Fsp3) is 0.533. The zero-order valence-corrected chi connectivity index (χ0v) is 11.3. The van der Waals surface area contributed by atoms with Crippen molar-refractivity contribution >= 4 is 11.7 Å². The fourth-order valence-electron chi connectivity index (χ4n) is 3.45. The summed E-state index contributed by atoms with van der Waals surface area (Å²) in [6, 6.07) is 5.36. The summed E-state index contributed by atoms with van der Waals surface area (Å²) in [6.45, 7) is 1.12. The van der Waals surface area contributed by atoms with E-state index in [0.29, 0.717) is 24.9 Å². The number of ether oxygens (including phenoxy) is 2. The van der Waals surface area contributed by atoms with Crippen LogP contribution >= 0.6 is 0 Å². The smallest absolute Gasteiger partial charge is 0.319 e. The first kappa shape index (κ1) is 11.9. The largest absolute Gasteiger partial charge is 0.486 e. The Morgan fingerprint density at radius 2 is 2.10 bits per heavy atom. The zero-order valence-electron chi connectivity index (χ0n) is 11.3. The van der Waals surface area contributed by atoms with E-state index in [-0.39, 0.29) is 11.6 Å². The summed E-state index contributed by atoms with van der Waals surface area (Å²) in [5.74, 6) is 2.13. The Balaban J connectivity index is 1.42. The Morgan fingerprint density at radius 3 is 2.85 bits per heavy atom. The summed E-state index contributed by atoms with van der Waals surface area (Å²) in [4.78, 5) is 12.1. The quantitative estimate of drug-likeness (QED) is 0.871. The molecule has 0 saturated heterocycles. The van der Waals surface area contributed by atoms with Crippen LogP contribution in [0.15, 0.2) is 18.2 Å². The average molecular weight is 274 g/mol. The summed E-state index contributed by atoms with van der Waals surface area (Å²) in [7, 11) is 0. The number of hydrogen-bond acceptors (Lipinski definition) is 3. The molecule has 0 spiro atoms. The first-order chi connectivity index (χ1) is 9.75. The number of anilines is 1. The maximum Gasteiger partial charge on any atom is 0.319 e. The van der Waals surface area contributed by atoms with Crippen molar-refractivity contribution < 1.29 is 14.3 Å². The van der Waals surface area contributed by atoms with E-state index >= 15 is 0 Å². The highest BCUT2D eigenvalue weighted by Crippen LogP contribution is 2.55. The van der Waals surface area contributed by atoms with Gasteiger partial charge in [0.2, 0.25) is 0 Å². The second kappa shape index (κ2) is 4.30. The van der Waals surface area contributed by atoms with Crippen LogP contribution in [0.25, 0.3) is 0 Å². The van der Waals surface area contributed by atoms with E-state index in [4.69, 9.17) is 9.47 Å². The predicted octanol–water partition coefficient (Wildman–Crippen LogP) is 2.52. The molecular formula is C15H18N2O3. The third-order valence-electron chi connectivity index (χ3n) is 4.57. The normalized spacial score (nSPS) is 29.5. The van der Waals surface area contributed by atoms with Crippen molar-refractivity contribution in [1.29, 1.82) is 0 Å². The van der Waals surface area contributed by atoms with Gasteiger partial charge in [0.25, 0.3) is 0 Å². The van der Waals surface area contributed by atoms with E-state index in [1.54, 1.807) is 0 Å². The standard InChI is InChI=1S/C15H18N2O3/c18-14(17-15-5-1-2-10(15)9-15)16-11-3-4-12-13(8-11)20-7-6-19-12/h3-4,8,10H,1-2,5-7,9H2,(H2,16,17,18). The summed E-state index contributed by atoms with van der Waals surface area (Å²) < 4.78 is 11.0. The van der Waals surface area contributed by atoms with Crippen molar-refractivity contribution in [3.63, 3.8) is 0 Å². The number of urea groups is 1. The lowest BCUT2D eigenvalue weighted by Gasteiger charge is -2.20. The number of benzene rings is 1. The molecule has 2 amide bonds. The highest BCUT2D eigenvalue weighted by Gasteiger charge is 2.57. The molecule has 1 aromatic carbocycles. The lowest BCUT2D eigenvalue weighted by atomic mass is 10.2. The van der Waals surface area contributed by atoms with E-state index < -0.39 is 0 Å². The molecular weight excluding hydrogens is 256 g/mol. The van der Waals surface area contributed by atoms with Crippen LogP contribution in [0.5, 0.6) is 11.5 Å². The van der Waals surface area contributed by atoms with E-state index in [1.165, 1.54) is 12.8 Å². The van der Waals surface area contributed by atoms with Gasteiger partial charge in [0.15, 0.2) is 11.5 Å². The fourth-order valence-corrected chi connectivity index (χ4v) is 3.45. The summed E-state index contributed by atoms with van der Waals surface area (Å²) in [6.07, 6.45) is 4.74. The maximum absolute atomic E-state index is 12.1. The van der Waals surface area contributed by atoms with Gasteiger partial charge in [-0.1, -0.05) is 6.42 Å². The summed E-state index contributed by atoms with van der Waals surface area (Å²) >= 11 is 0. The molecule has 2 saturated carbocycles. The van der Waals surface area contributed by atoms with Gasteiger partial charge in [-0.25, -0.2) is 4.79 Å². The molecule has 1 heterocycles. The van der Waals surface area contributed by atoms with E-state index in [9.17, 15) is 4.79 Å². The number of carbonyl (C=O) groups excluding carboxylic acids is 1. The Hall–Kier alpha value is -1.91. The molecule has 20 heavy (non-hydrogen) atoms. The molecule has 2 N–H and O–H groups in total. The van der Waals surface area contributed by atoms with Gasteiger partial charge in [-0.05, 0) is 37.3 Å². The van der Waals surface area contributed by atoms with E-state index in [0.717, 1.165) is 24.3 Å². The molecule has 2 fully saturated rings. The van der Waals surface area contributed by atoms with Crippen LogP contribution in [-0.4, -0.2) is 24.8 Å². The third kappa shape index (κ3) is 1.97. The number of rotatable bonds is 2. The Kier molecular flexibility index (Phi) is 2.55. The highest BCUT2D eigenvalue weighted by molar-refractivity contribution is 5.90. The van der Waals surface area contributed by atoms with Crippen molar-refractivity contribution in [2.24, 2.45) is 5.92 Å².